The van der Waals surface area contributed by atoms with E-state index in [1.165, 1.54) is 18.6 Å². The van der Waals surface area contributed by atoms with Crippen molar-refractivity contribution >= 4 is 16.9 Å². The predicted molar refractivity (Wildman–Crippen MR) is 135 cm³/mol. The SMILES string of the molecule is CC(F)(F)c1nccc(C(=O)N2CCC(N3CC(CC#N)(n4cc(-c5ncnc6[nH]ccc56)cn4)C3)CC2)n1. The highest BCUT2D eigenvalue weighted by molar-refractivity contribution is 5.92. The van der Waals surface area contributed by atoms with Crippen molar-refractivity contribution in [1.29, 1.82) is 5.26 Å². The fourth-order valence-corrected chi connectivity index (χ4v) is 5.55. The van der Waals surface area contributed by atoms with Crippen molar-refractivity contribution in [3.63, 3.8) is 0 Å². The Morgan fingerprint density at radius 1 is 1.23 bits per heavy atom. The Labute approximate surface area is 222 Å². The molecular formula is C26H26F2N10O. The number of alkyl halides is 2. The first-order chi connectivity index (χ1) is 18.8. The third-order valence-corrected chi connectivity index (χ3v) is 7.63. The van der Waals surface area contributed by atoms with Gasteiger partial charge in [-0.3, -0.25) is 14.4 Å². The van der Waals surface area contributed by atoms with E-state index in [4.69, 9.17) is 0 Å². The second kappa shape index (κ2) is 9.46. The van der Waals surface area contributed by atoms with Crippen LogP contribution in [0.2, 0.25) is 0 Å². The van der Waals surface area contributed by atoms with Crippen molar-refractivity contribution in [3.8, 4) is 17.3 Å². The van der Waals surface area contributed by atoms with Gasteiger partial charge in [0.25, 0.3) is 5.91 Å². The van der Waals surface area contributed by atoms with Crippen molar-refractivity contribution in [3.05, 3.63) is 54.8 Å². The van der Waals surface area contributed by atoms with E-state index in [9.17, 15) is 18.8 Å². The summed E-state index contributed by atoms with van der Waals surface area (Å²) >= 11 is 0. The van der Waals surface area contributed by atoms with Crippen LogP contribution >= 0.6 is 0 Å². The summed E-state index contributed by atoms with van der Waals surface area (Å²) in [6.45, 7) is 3.05. The molecule has 2 aliphatic rings. The van der Waals surface area contributed by atoms with E-state index < -0.39 is 17.3 Å². The second-order valence-corrected chi connectivity index (χ2v) is 10.3. The summed E-state index contributed by atoms with van der Waals surface area (Å²) < 4.78 is 29.1. The third kappa shape index (κ3) is 4.50. The van der Waals surface area contributed by atoms with Crippen LogP contribution in [0.1, 0.15) is 42.5 Å². The van der Waals surface area contributed by atoms with E-state index in [1.807, 2.05) is 23.1 Å². The van der Waals surface area contributed by atoms with E-state index in [2.05, 4.69) is 41.0 Å². The van der Waals surface area contributed by atoms with Crippen LogP contribution in [0.25, 0.3) is 22.3 Å². The molecule has 2 saturated heterocycles. The smallest absolute Gasteiger partial charge is 0.303 e. The molecule has 0 aliphatic carbocycles. The molecule has 200 valence electrons. The number of nitriles is 1. The fraction of sp³-hybridized carbons (Fsp3) is 0.423. The average Bonchev–Trinajstić information content (AvgIpc) is 3.60. The standard InChI is InChI=1S/C26H26F2N10O/c1-25(27,28)24-31-9-3-20(35-24)23(39)36-10-4-18(5-11-36)37-14-26(15-37,6-7-29)38-13-17(12-34-38)21-19-2-8-30-22(19)33-16-32-21/h2-3,8-9,12-13,16,18H,4-6,10-11,14-15H2,1H3,(H,30,32,33). The Morgan fingerprint density at radius 2 is 2.03 bits per heavy atom. The summed E-state index contributed by atoms with van der Waals surface area (Å²) in [6.07, 6.45) is 10.1. The number of hydrogen-bond acceptors (Lipinski definition) is 8. The lowest BCUT2D eigenvalue weighted by atomic mass is 9.83. The summed E-state index contributed by atoms with van der Waals surface area (Å²) in [7, 11) is 0. The van der Waals surface area contributed by atoms with E-state index in [-0.39, 0.29) is 17.6 Å². The molecule has 4 aromatic heterocycles. The molecule has 1 amide bonds. The quantitative estimate of drug-likeness (QED) is 0.401. The van der Waals surface area contributed by atoms with Gasteiger partial charge in [0.15, 0.2) is 5.82 Å². The number of piperidine rings is 1. The zero-order valence-corrected chi connectivity index (χ0v) is 21.3. The first-order valence-corrected chi connectivity index (χ1v) is 12.7. The fourth-order valence-electron chi connectivity index (χ4n) is 5.55. The topological polar surface area (TPSA) is 133 Å². The highest BCUT2D eigenvalue weighted by atomic mass is 19.3. The van der Waals surface area contributed by atoms with Gasteiger partial charge in [-0.25, -0.2) is 19.9 Å². The summed E-state index contributed by atoms with van der Waals surface area (Å²) in [5, 5.41) is 15.1. The molecule has 0 atom stereocenters. The summed E-state index contributed by atoms with van der Waals surface area (Å²) in [5.41, 5.74) is 1.94. The molecule has 2 fully saturated rings. The van der Waals surface area contributed by atoms with Crippen LogP contribution in [0.4, 0.5) is 8.78 Å². The Morgan fingerprint density at radius 3 is 2.77 bits per heavy atom. The highest BCUT2D eigenvalue weighted by Gasteiger charge is 2.48. The minimum Gasteiger partial charge on any atom is -0.346 e. The number of carbonyl (C=O) groups excluding carboxylic acids is 1. The van der Waals surface area contributed by atoms with E-state index in [0.717, 1.165) is 35.1 Å². The number of H-pyrrole nitrogens is 1. The molecule has 0 unspecified atom stereocenters. The zero-order valence-electron chi connectivity index (χ0n) is 21.3. The van der Waals surface area contributed by atoms with Crippen LogP contribution < -0.4 is 0 Å². The number of aromatic amines is 1. The molecule has 0 saturated carbocycles. The maximum absolute atomic E-state index is 13.6. The van der Waals surface area contributed by atoms with Crippen molar-refractivity contribution in [2.75, 3.05) is 26.2 Å². The van der Waals surface area contributed by atoms with Crippen LogP contribution in [-0.2, 0) is 11.5 Å². The van der Waals surface area contributed by atoms with Crippen LogP contribution in [-0.4, -0.2) is 82.6 Å². The highest BCUT2D eigenvalue weighted by Crippen LogP contribution is 2.37. The molecule has 13 heteroatoms. The lowest BCUT2D eigenvalue weighted by Gasteiger charge is -2.53. The van der Waals surface area contributed by atoms with Gasteiger partial charge in [0.05, 0.1) is 24.4 Å². The number of likely N-dealkylation sites (tertiary alicyclic amines) is 2. The van der Waals surface area contributed by atoms with Crippen molar-refractivity contribution in [2.24, 2.45) is 0 Å². The van der Waals surface area contributed by atoms with Gasteiger partial charge >= 0.3 is 5.92 Å². The second-order valence-electron chi connectivity index (χ2n) is 10.3. The van der Waals surface area contributed by atoms with Crippen LogP contribution in [0.15, 0.2) is 43.2 Å². The molecule has 6 heterocycles. The van der Waals surface area contributed by atoms with Gasteiger partial charge in [-0.2, -0.15) is 19.1 Å². The van der Waals surface area contributed by atoms with Gasteiger partial charge in [-0.05, 0) is 25.0 Å². The molecule has 11 nitrogen and oxygen atoms in total. The Balaban J connectivity index is 1.11. The maximum atomic E-state index is 13.6. The van der Waals surface area contributed by atoms with Crippen molar-refractivity contribution < 1.29 is 13.6 Å². The zero-order chi connectivity index (χ0) is 27.2. The summed E-state index contributed by atoms with van der Waals surface area (Å²) in [6, 6.07) is 5.87. The van der Waals surface area contributed by atoms with Gasteiger partial charge in [0.2, 0.25) is 0 Å². The van der Waals surface area contributed by atoms with Gasteiger partial charge < -0.3 is 9.88 Å². The number of nitrogens with one attached hydrogen (secondary N) is 1. The largest absolute Gasteiger partial charge is 0.346 e. The third-order valence-electron chi connectivity index (χ3n) is 7.63. The number of aromatic nitrogens is 7. The average molecular weight is 533 g/mol. The first kappa shape index (κ1) is 25.0. The molecule has 2 aliphatic heterocycles. The lowest BCUT2D eigenvalue weighted by molar-refractivity contribution is -0.0412. The minimum atomic E-state index is -3.21. The molecular weight excluding hydrogens is 506 g/mol. The number of nitrogens with zero attached hydrogens (tertiary/aromatic N) is 9. The molecule has 6 rings (SSSR count). The van der Waals surface area contributed by atoms with E-state index >= 15 is 0 Å². The monoisotopic (exact) mass is 532 g/mol. The molecule has 4 aromatic rings. The normalized spacial score (nSPS) is 18.2. The summed E-state index contributed by atoms with van der Waals surface area (Å²) in [5.74, 6) is -4.24. The molecule has 0 radical (unpaired) electrons. The lowest BCUT2D eigenvalue weighted by Crippen LogP contribution is -2.66. The van der Waals surface area contributed by atoms with Gasteiger partial charge in [0, 0.05) is 68.7 Å². The van der Waals surface area contributed by atoms with Crippen molar-refractivity contribution in [1.82, 2.24) is 44.5 Å². The molecule has 0 spiro atoms. The molecule has 1 N–H and O–H groups in total. The Bertz CT molecular complexity index is 1550. The Hall–Kier alpha value is -4.31. The Kier molecular flexibility index (Phi) is 6.06. The summed E-state index contributed by atoms with van der Waals surface area (Å²) in [4.78, 5) is 36.1. The maximum Gasteiger partial charge on any atom is 0.303 e. The van der Waals surface area contributed by atoms with Gasteiger partial charge in [-0.1, -0.05) is 0 Å². The minimum absolute atomic E-state index is 0.0212. The van der Waals surface area contributed by atoms with Crippen LogP contribution in [0.5, 0.6) is 0 Å². The van der Waals surface area contributed by atoms with Gasteiger partial charge in [0.1, 0.15) is 23.2 Å². The molecule has 0 aromatic carbocycles. The van der Waals surface area contributed by atoms with E-state index in [0.29, 0.717) is 39.5 Å². The van der Waals surface area contributed by atoms with Crippen LogP contribution in [0, 0.1) is 11.3 Å². The number of fused-ring (bicyclic) bond motifs is 1. The van der Waals surface area contributed by atoms with E-state index in [1.54, 1.807) is 11.1 Å². The molecule has 39 heavy (non-hydrogen) atoms. The number of amides is 1. The van der Waals surface area contributed by atoms with Crippen molar-refractivity contribution in [2.45, 2.75) is 43.7 Å². The molecule has 0 bridgehead atoms. The predicted octanol–water partition coefficient (Wildman–Crippen LogP) is 2.95. The van der Waals surface area contributed by atoms with Gasteiger partial charge in [-0.15, -0.1) is 0 Å². The number of rotatable bonds is 6. The number of hydrogen-bond donors (Lipinski definition) is 1. The first-order valence-electron chi connectivity index (χ1n) is 12.7. The van der Waals surface area contributed by atoms with Crippen LogP contribution in [0.3, 0.4) is 0 Å². The number of halogens is 2. The number of carbonyl (C=O) groups is 1.